The summed E-state index contributed by atoms with van der Waals surface area (Å²) in [4.78, 5) is 12.5. The highest BCUT2D eigenvalue weighted by Crippen LogP contribution is 2.27. The van der Waals surface area contributed by atoms with Crippen LogP contribution in [0, 0.1) is 12.7 Å². The Kier molecular flexibility index (Phi) is 4.55. The molecule has 0 saturated heterocycles. The Morgan fingerprint density at radius 1 is 1.19 bits per heavy atom. The summed E-state index contributed by atoms with van der Waals surface area (Å²) in [5, 5.41) is 8.36. The summed E-state index contributed by atoms with van der Waals surface area (Å²) in [6.45, 7) is 3.42. The quantitative estimate of drug-likeness (QED) is 0.730. The number of benzene rings is 2. The molecule has 26 heavy (non-hydrogen) atoms. The second-order valence-corrected chi connectivity index (χ2v) is 7.54. The predicted octanol–water partition coefficient (Wildman–Crippen LogP) is 3.02. The van der Waals surface area contributed by atoms with Crippen LogP contribution in [0.4, 0.5) is 4.39 Å². The Balaban J connectivity index is 1.84. The Hall–Kier alpha value is -2.71. The molecule has 0 saturated carbocycles. The monoisotopic (exact) mass is 376 g/mol. The topological polar surface area (TPSA) is 102 Å². The molecule has 0 spiro atoms. The van der Waals surface area contributed by atoms with Gasteiger partial charge in [-0.3, -0.25) is 4.79 Å². The van der Waals surface area contributed by atoms with Gasteiger partial charge in [0.15, 0.2) is 17.2 Å². The van der Waals surface area contributed by atoms with Crippen molar-refractivity contribution in [3.63, 3.8) is 0 Å². The number of rotatable bonds is 4. The van der Waals surface area contributed by atoms with Gasteiger partial charge in [-0.15, -0.1) is 0 Å². The van der Waals surface area contributed by atoms with Gasteiger partial charge in [-0.25, -0.2) is 17.9 Å². The minimum absolute atomic E-state index is 0.0108. The number of hydrogen-bond donors (Lipinski definition) is 2. The number of amides is 1. The zero-order chi connectivity index (χ0) is 19.1. The van der Waals surface area contributed by atoms with E-state index in [1.165, 1.54) is 18.2 Å². The molecule has 1 amide bonds. The zero-order valence-corrected chi connectivity index (χ0v) is 14.9. The molecule has 0 bridgehead atoms. The maximum atomic E-state index is 13.8. The molecular weight excluding hydrogens is 359 g/mol. The number of carbonyl (C=O) groups excluding carboxylic acids is 1. The number of hydrogen-bond acceptors (Lipinski definition) is 4. The highest BCUT2D eigenvalue weighted by Gasteiger charge is 2.21. The van der Waals surface area contributed by atoms with Crippen molar-refractivity contribution in [1.29, 1.82) is 0 Å². The average Bonchev–Trinajstić information content (AvgIpc) is 2.93. The van der Waals surface area contributed by atoms with E-state index in [1.54, 1.807) is 38.1 Å². The second-order valence-electron chi connectivity index (χ2n) is 5.98. The molecule has 0 radical (unpaired) electrons. The number of primary sulfonamides is 1. The number of para-hydroxylation sites is 1. The molecule has 8 heteroatoms. The molecule has 3 aromatic rings. The summed E-state index contributed by atoms with van der Waals surface area (Å²) in [6, 6.07) is 9.95. The fourth-order valence-corrected chi connectivity index (χ4v) is 3.23. The first-order chi connectivity index (χ1) is 12.2. The van der Waals surface area contributed by atoms with Crippen molar-refractivity contribution < 1.29 is 22.0 Å². The van der Waals surface area contributed by atoms with Crippen LogP contribution in [0.15, 0.2) is 51.8 Å². The smallest absolute Gasteiger partial charge is 0.287 e. The van der Waals surface area contributed by atoms with Crippen molar-refractivity contribution in [3.05, 3.63) is 65.2 Å². The van der Waals surface area contributed by atoms with Gasteiger partial charge >= 0.3 is 0 Å². The fraction of sp³-hybridized carbons (Fsp3) is 0.167. The van der Waals surface area contributed by atoms with Crippen LogP contribution in [0.1, 0.15) is 34.6 Å². The standard InChI is InChI=1S/C18H17FN2O4S/c1-10-14-4-3-5-15(19)17(14)25-16(10)18(22)21-11(2)12-6-8-13(9-7-12)26(20,23)24/h3-9,11H,1-2H3,(H,21,22)(H2,20,23,24)/t11-/m1/s1. The van der Waals surface area contributed by atoms with Crippen LogP contribution < -0.4 is 10.5 Å². The van der Waals surface area contributed by atoms with Gasteiger partial charge in [-0.1, -0.05) is 24.3 Å². The van der Waals surface area contributed by atoms with E-state index < -0.39 is 27.8 Å². The molecule has 136 valence electrons. The van der Waals surface area contributed by atoms with Gasteiger partial charge in [-0.05, 0) is 37.6 Å². The second kappa shape index (κ2) is 6.54. The number of nitrogens with one attached hydrogen (secondary N) is 1. The van der Waals surface area contributed by atoms with Gasteiger partial charge in [0.25, 0.3) is 5.91 Å². The Bertz CT molecular complexity index is 1090. The summed E-state index contributed by atoms with van der Waals surface area (Å²) >= 11 is 0. The van der Waals surface area contributed by atoms with Crippen LogP contribution in [0.25, 0.3) is 11.0 Å². The largest absolute Gasteiger partial charge is 0.448 e. The van der Waals surface area contributed by atoms with Gasteiger partial charge in [0, 0.05) is 10.9 Å². The van der Waals surface area contributed by atoms with Crippen LogP contribution in [0.3, 0.4) is 0 Å². The van der Waals surface area contributed by atoms with Crippen LogP contribution in [0.2, 0.25) is 0 Å². The van der Waals surface area contributed by atoms with Crippen LogP contribution in [-0.4, -0.2) is 14.3 Å². The lowest BCUT2D eigenvalue weighted by molar-refractivity contribution is 0.0913. The first kappa shape index (κ1) is 18.1. The third-order valence-electron chi connectivity index (χ3n) is 4.18. The van der Waals surface area contributed by atoms with Crippen LogP contribution in [0.5, 0.6) is 0 Å². The molecule has 0 aliphatic rings. The minimum atomic E-state index is -3.77. The molecule has 0 fully saturated rings. The van der Waals surface area contributed by atoms with E-state index in [-0.39, 0.29) is 16.2 Å². The molecule has 3 N–H and O–H groups in total. The van der Waals surface area contributed by atoms with Crippen molar-refractivity contribution in [2.45, 2.75) is 24.8 Å². The number of aryl methyl sites for hydroxylation is 1. The van der Waals surface area contributed by atoms with E-state index >= 15 is 0 Å². The number of sulfonamides is 1. The van der Waals surface area contributed by atoms with Crippen molar-refractivity contribution in [3.8, 4) is 0 Å². The first-order valence-corrected chi connectivity index (χ1v) is 9.34. The van der Waals surface area contributed by atoms with Gasteiger partial charge in [0.05, 0.1) is 10.9 Å². The number of fused-ring (bicyclic) bond motifs is 1. The lowest BCUT2D eigenvalue weighted by Gasteiger charge is -2.14. The maximum absolute atomic E-state index is 13.8. The summed E-state index contributed by atoms with van der Waals surface area (Å²) in [5.41, 5.74) is 1.28. The van der Waals surface area contributed by atoms with E-state index in [2.05, 4.69) is 5.32 Å². The Labute approximate surface area is 149 Å². The molecule has 1 heterocycles. The first-order valence-electron chi connectivity index (χ1n) is 7.79. The lowest BCUT2D eigenvalue weighted by atomic mass is 10.1. The molecular formula is C18H17FN2O4S. The molecule has 1 aromatic heterocycles. The summed E-state index contributed by atoms with van der Waals surface area (Å²) < 4.78 is 41.8. The molecule has 3 rings (SSSR count). The van der Waals surface area contributed by atoms with E-state index in [4.69, 9.17) is 9.56 Å². The summed E-state index contributed by atoms with van der Waals surface area (Å²) in [5.74, 6) is -0.976. The molecule has 2 aromatic carbocycles. The van der Waals surface area contributed by atoms with Gasteiger partial charge < -0.3 is 9.73 Å². The molecule has 0 aliphatic heterocycles. The third-order valence-corrected chi connectivity index (χ3v) is 5.11. The van der Waals surface area contributed by atoms with E-state index in [0.717, 1.165) is 0 Å². The summed E-state index contributed by atoms with van der Waals surface area (Å²) in [7, 11) is -3.77. The molecule has 0 unspecified atom stereocenters. The molecule has 1 atom stereocenters. The average molecular weight is 376 g/mol. The molecule has 6 nitrogen and oxygen atoms in total. The number of halogens is 1. The third kappa shape index (κ3) is 3.33. The highest BCUT2D eigenvalue weighted by atomic mass is 32.2. The van der Waals surface area contributed by atoms with Crippen LogP contribution in [-0.2, 0) is 10.0 Å². The maximum Gasteiger partial charge on any atom is 0.287 e. The van der Waals surface area contributed by atoms with Crippen molar-refractivity contribution in [1.82, 2.24) is 5.32 Å². The normalized spacial score (nSPS) is 12.9. The van der Waals surface area contributed by atoms with Crippen molar-refractivity contribution in [2.75, 3.05) is 0 Å². The fourth-order valence-electron chi connectivity index (χ4n) is 2.72. The SMILES string of the molecule is Cc1c(C(=O)N[C@H](C)c2ccc(S(N)(=O)=O)cc2)oc2c(F)cccc12. The number of nitrogens with two attached hydrogens (primary N) is 1. The highest BCUT2D eigenvalue weighted by molar-refractivity contribution is 7.89. The van der Waals surface area contributed by atoms with E-state index in [0.29, 0.717) is 16.5 Å². The Morgan fingerprint density at radius 3 is 2.42 bits per heavy atom. The van der Waals surface area contributed by atoms with Crippen molar-refractivity contribution in [2.24, 2.45) is 5.14 Å². The van der Waals surface area contributed by atoms with E-state index in [1.807, 2.05) is 0 Å². The van der Waals surface area contributed by atoms with Crippen LogP contribution >= 0.6 is 0 Å². The van der Waals surface area contributed by atoms with E-state index in [9.17, 15) is 17.6 Å². The minimum Gasteiger partial charge on any atom is -0.448 e. The van der Waals surface area contributed by atoms with Gasteiger partial charge in [0.2, 0.25) is 10.0 Å². The predicted molar refractivity (Wildman–Crippen MR) is 94.6 cm³/mol. The van der Waals surface area contributed by atoms with Gasteiger partial charge in [0.1, 0.15) is 0 Å². The molecule has 0 aliphatic carbocycles. The lowest BCUT2D eigenvalue weighted by Crippen LogP contribution is -2.26. The summed E-state index contributed by atoms with van der Waals surface area (Å²) in [6.07, 6.45) is 0. The number of furan rings is 1. The Morgan fingerprint density at radius 2 is 1.85 bits per heavy atom. The van der Waals surface area contributed by atoms with Crippen molar-refractivity contribution >= 4 is 26.9 Å². The van der Waals surface area contributed by atoms with Gasteiger partial charge in [-0.2, -0.15) is 0 Å². The number of carbonyl (C=O) groups is 1. The zero-order valence-electron chi connectivity index (χ0n) is 14.1.